The molecule has 0 saturated carbocycles. The molecule has 2 aromatic carbocycles. The van der Waals surface area contributed by atoms with Gasteiger partial charge in [0, 0.05) is 34.7 Å². The van der Waals surface area contributed by atoms with E-state index < -0.39 is 0 Å². The molecule has 2 aromatic rings. The second-order valence-corrected chi connectivity index (χ2v) is 7.96. The van der Waals surface area contributed by atoms with E-state index in [4.69, 9.17) is 16.3 Å². The first kappa shape index (κ1) is 19.1. The number of hydrogen-bond donors (Lipinski definition) is 1. The Kier molecular flexibility index (Phi) is 6.83. The van der Waals surface area contributed by atoms with Crippen molar-refractivity contribution in [3.63, 3.8) is 0 Å². The van der Waals surface area contributed by atoms with Gasteiger partial charge >= 0.3 is 0 Å². The summed E-state index contributed by atoms with van der Waals surface area (Å²) in [5.74, 6) is 0.421. The molecule has 0 aliphatic carbocycles. The van der Waals surface area contributed by atoms with Crippen molar-refractivity contribution in [3.05, 3.63) is 59.1 Å². The molecular formula is C20H23ClN2O2S. The largest absolute Gasteiger partial charge is 0.378 e. The Morgan fingerprint density at radius 3 is 2.46 bits per heavy atom. The van der Waals surface area contributed by atoms with Gasteiger partial charge in [0.15, 0.2) is 0 Å². The molecule has 3 rings (SSSR count). The number of amides is 1. The average Bonchev–Trinajstić information content (AvgIpc) is 2.68. The monoisotopic (exact) mass is 390 g/mol. The Bertz CT molecular complexity index is 716. The quantitative estimate of drug-likeness (QED) is 0.782. The summed E-state index contributed by atoms with van der Waals surface area (Å²) in [5, 5.41) is 3.93. The van der Waals surface area contributed by atoms with Crippen molar-refractivity contribution in [1.82, 2.24) is 0 Å². The summed E-state index contributed by atoms with van der Waals surface area (Å²) in [6.45, 7) is 5.44. The molecule has 4 nitrogen and oxygen atoms in total. The maximum atomic E-state index is 12.2. The Morgan fingerprint density at radius 2 is 1.81 bits per heavy atom. The van der Waals surface area contributed by atoms with Crippen LogP contribution in [0, 0.1) is 0 Å². The number of anilines is 2. The third-order valence-electron chi connectivity index (χ3n) is 4.33. The van der Waals surface area contributed by atoms with Crippen LogP contribution in [-0.4, -0.2) is 38.0 Å². The smallest absolute Gasteiger partial charge is 0.234 e. The maximum absolute atomic E-state index is 12.2. The van der Waals surface area contributed by atoms with E-state index in [2.05, 4.69) is 17.1 Å². The van der Waals surface area contributed by atoms with Crippen molar-refractivity contribution in [2.75, 3.05) is 42.3 Å². The van der Waals surface area contributed by atoms with Crippen molar-refractivity contribution in [2.24, 2.45) is 0 Å². The summed E-state index contributed by atoms with van der Waals surface area (Å²) >= 11 is 7.53. The van der Waals surface area contributed by atoms with Crippen LogP contribution in [0.4, 0.5) is 11.4 Å². The van der Waals surface area contributed by atoms with Gasteiger partial charge in [-0.25, -0.2) is 0 Å². The van der Waals surface area contributed by atoms with Crippen molar-refractivity contribution in [3.8, 4) is 0 Å². The highest BCUT2D eigenvalue weighted by molar-refractivity contribution is 8.00. The minimum atomic E-state index is 0.00920. The molecule has 0 spiro atoms. The van der Waals surface area contributed by atoms with Crippen LogP contribution < -0.4 is 10.2 Å². The zero-order chi connectivity index (χ0) is 18.4. The van der Waals surface area contributed by atoms with E-state index in [1.165, 1.54) is 5.56 Å². The molecule has 0 radical (unpaired) electrons. The minimum absolute atomic E-state index is 0.00920. The summed E-state index contributed by atoms with van der Waals surface area (Å²) in [6.07, 6.45) is 0. The number of ether oxygens (including phenoxy) is 1. The SMILES string of the molecule is CC(SCC(=O)Nc1ccc(N2CCOCC2)cc1)c1ccc(Cl)cc1. The van der Waals surface area contributed by atoms with E-state index in [0.717, 1.165) is 42.7 Å². The fourth-order valence-electron chi connectivity index (χ4n) is 2.80. The predicted molar refractivity (Wildman–Crippen MR) is 110 cm³/mol. The molecule has 1 atom stereocenters. The summed E-state index contributed by atoms with van der Waals surface area (Å²) in [4.78, 5) is 14.5. The van der Waals surface area contributed by atoms with E-state index in [-0.39, 0.29) is 11.2 Å². The molecule has 0 bridgehead atoms. The van der Waals surface area contributed by atoms with E-state index >= 15 is 0 Å². The van der Waals surface area contributed by atoms with Gasteiger partial charge in [-0.3, -0.25) is 4.79 Å². The number of rotatable bonds is 6. The van der Waals surface area contributed by atoms with Crippen LogP contribution in [0.3, 0.4) is 0 Å². The van der Waals surface area contributed by atoms with Crippen molar-refractivity contribution >= 4 is 40.6 Å². The Labute approximate surface area is 163 Å². The first-order chi connectivity index (χ1) is 12.6. The van der Waals surface area contributed by atoms with Crippen molar-refractivity contribution in [2.45, 2.75) is 12.2 Å². The highest BCUT2D eigenvalue weighted by atomic mass is 35.5. The fourth-order valence-corrected chi connectivity index (χ4v) is 3.75. The molecule has 6 heteroatoms. The van der Waals surface area contributed by atoms with Crippen LogP contribution in [0.25, 0.3) is 0 Å². The van der Waals surface area contributed by atoms with Crippen LogP contribution in [0.2, 0.25) is 5.02 Å². The zero-order valence-corrected chi connectivity index (χ0v) is 16.4. The van der Waals surface area contributed by atoms with Crippen LogP contribution in [0.15, 0.2) is 48.5 Å². The van der Waals surface area contributed by atoms with Gasteiger partial charge in [0.2, 0.25) is 5.91 Å². The number of benzene rings is 2. The molecule has 1 saturated heterocycles. The number of morpholine rings is 1. The normalized spacial score (nSPS) is 15.5. The number of nitrogens with one attached hydrogen (secondary N) is 1. The zero-order valence-electron chi connectivity index (χ0n) is 14.8. The average molecular weight is 391 g/mol. The number of nitrogens with zero attached hydrogens (tertiary/aromatic N) is 1. The van der Waals surface area contributed by atoms with E-state index in [1.807, 2.05) is 48.5 Å². The second kappa shape index (κ2) is 9.31. The van der Waals surface area contributed by atoms with E-state index in [0.29, 0.717) is 5.75 Å². The molecule has 138 valence electrons. The van der Waals surface area contributed by atoms with E-state index in [9.17, 15) is 4.79 Å². The molecule has 1 fully saturated rings. The topological polar surface area (TPSA) is 41.6 Å². The first-order valence-electron chi connectivity index (χ1n) is 8.71. The molecule has 1 aliphatic heterocycles. The first-order valence-corrected chi connectivity index (χ1v) is 10.1. The molecule has 1 heterocycles. The van der Waals surface area contributed by atoms with Crippen molar-refractivity contribution in [1.29, 1.82) is 0 Å². The van der Waals surface area contributed by atoms with Gasteiger partial charge in [0.25, 0.3) is 0 Å². The van der Waals surface area contributed by atoms with Gasteiger partial charge in [-0.05, 0) is 48.9 Å². The minimum Gasteiger partial charge on any atom is -0.378 e. The number of thioether (sulfide) groups is 1. The fraction of sp³-hybridized carbons (Fsp3) is 0.350. The third kappa shape index (κ3) is 5.40. The lowest BCUT2D eigenvalue weighted by Crippen LogP contribution is -2.36. The molecule has 1 amide bonds. The van der Waals surface area contributed by atoms with Gasteiger partial charge < -0.3 is 15.0 Å². The molecule has 0 aromatic heterocycles. The standard InChI is InChI=1S/C20H23ClN2O2S/c1-15(16-2-4-17(21)5-3-16)26-14-20(24)22-18-6-8-19(9-7-18)23-10-12-25-13-11-23/h2-9,15H,10-14H2,1H3,(H,22,24). The lowest BCUT2D eigenvalue weighted by Gasteiger charge is -2.28. The van der Waals surface area contributed by atoms with Crippen LogP contribution in [0.5, 0.6) is 0 Å². The lowest BCUT2D eigenvalue weighted by molar-refractivity contribution is -0.113. The Hall–Kier alpha value is -1.69. The number of halogens is 1. The van der Waals surface area contributed by atoms with Gasteiger partial charge in [-0.2, -0.15) is 0 Å². The molecule has 1 unspecified atom stereocenters. The number of hydrogen-bond acceptors (Lipinski definition) is 4. The maximum Gasteiger partial charge on any atom is 0.234 e. The van der Waals surface area contributed by atoms with E-state index in [1.54, 1.807) is 11.8 Å². The predicted octanol–water partition coefficient (Wildman–Crippen LogP) is 4.61. The molecule has 26 heavy (non-hydrogen) atoms. The Morgan fingerprint density at radius 1 is 1.15 bits per heavy atom. The van der Waals surface area contributed by atoms with Gasteiger partial charge in [0.05, 0.1) is 19.0 Å². The van der Waals surface area contributed by atoms with Crippen LogP contribution in [0.1, 0.15) is 17.7 Å². The highest BCUT2D eigenvalue weighted by Crippen LogP contribution is 2.29. The number of carbonyl (C=O) groups excluding carboxylic acids is 1. The molecular weight excluding hydrogens is 368 g/mol. The van der Waals surface area contributed by atoms with Gasteiger partial charge in [-0.1, -0.05) is 23.7 Å². The summed E-state index contributed by atoms with van der Waals surface area (Å²) in [6, 6.07) is 15.8. The third-order valence-corrected chi connectivity index (χ3v) is 5.78. The Balaban J connectivity index is 1.47. The van der Waals surface area contributed by atoms with Crippen molar-refractivity contribution < 1.29 is 9.53 Å². The van der Waals surface area contributed by atoms with Crippen LogP contribution >= 0.6 is 23.4 Å². The second-order valence-electron chi connectivity index (χ2n) is 6.20. The molecule has 1 N–H and O–H groups in total. The van der Waals surface area contributed by atoms with Gasteiger partial charge in [0.1, 0.15) is 0 Å². The number of carbonyl (C=O) groups is 1. The lowest BCUT2D eigenvalue weighted by atomic mass is 10.2. The molecule has 1 aliphatic rings. The van der Waals surface area contributed by atoms with Gasteiger partial charge in [-0.15, -0.1) is 11.8 Å². The summed E-state index contributed by atoms with van der Waals surface area (Å²) in [7, 11) is 0. The van der Waals surface area contributed by atoms with Crippen LogP contribution in [-0.2, 0) is 9.53 Å². The highest BCUT2D eigenvalue weighted by Gasteiger charge is 2.12. The summed E-state index contributed by atoms with van der Waals surface area (Å²) < 4.78 is 5.37. The summed E-state index contributed by atoms with van der Waals surface area (Å²) in [5.41, 5.74) is 3.16.